The lowest BCUT2D eigenvalue weighted by molar-refractivity contribution is 0.414. The van der Waals surface area contributed by atoms with Crippen LogP contribution < -0.4 is 14.4 Å². The van der Waals surface area contributed by atoms with Crippen LogP contribution in [0.4, 0.5) is 17.3 Å². The van der Waals surface area contributed by atoms with Gasteiger partial charge in [-0.05, 0) is 98.5 Å². The summed E-state index contributed by atoms with van der Waals surface area (Å²) < 4.78 is 15.1. The van der Waals surface area contributed by atoms with Gasteiger partial charge in [0.25, 0.3) is 0 Å². The van der Waals surface area contributed by atoms with Gasteiger partial charge in [-0.25, -0.2) is 9.36 Å². The van der Waals surface area contributed by atoms with E-state index < -0.39 is 0 Å². The first-order chi connectivity index (χ1) is 21.5. The first kappa shape index (κ1) is 27.9. The molecule has 0 radical (unpaired) electrons. The molecule has 7 rings (SSSR count). The quantitative estimate of drug-likeness (QED) is 0.172. The Morgan fingerprint density at radius 3 is 1.50 bits per heavy atom. The predicted molar refractivity (Wildman–Crippen MR) is 177 cm³/mol. The number of benzene rings is 4. The van der Waals surface area contributed by atoms with Gasteiger partial charge in [-0.1, -0.05) is 30.3 Å². The second kappa shape index (κ2) is 11.3. The summed E-state index contributed by atoms with van der Waals surface area (Å²) in [5.41, 5.74) is 8.38. The van der Waals surface area contributed by atoms with Crippen LogP contribution >= 0.6 is 11.8 Å². The molecule has 0 spiro atoms. The highest BCUT2D eigenvalue weighted by Gasteiger charge is 2.42. The topological polar surface area (TPSA) is 57.3 Å². The number of methoxy groups -OCH3 is 2. The Morgan fingerprint density at radius 2 is 1.07 bits per heavy atom. The normalized spacial score (nSPS) is 12.6. The predicted octanol–water partition coefficient (Wildman–Crippen LogP) is 8.38. The fourth-order valence-corrected chi connectivity index (χ4v) is 6.57. The SMILES string of the molecule is COc1ccc(-n2nc(C)c3c2N(c2ccccc2)c2c(c(C)nn2-c2ccc(OC)cc2)C3c2ccc(SC)cc2)cc1. The average Bonchev–Trinajstić information content (AvgIpc) is 3.61. The van der Waals surface area contributed by atoms with E-state index >= 15 is 0 Å². The minimum absolute atomic E-state index is 0.0742. The van der Waals surface area contributed by atoms with Crippen LogP contribution in [0.2, 0.25) is 0 Å². The van der Waals surface area contributed by atoms with E-state index in [1.54, 1.807) is 26.0 Å². The Labute approximate surface area is 261 Å². The summed E-state index contributed by atoms with van der Waals surface area (Å²) in [6.45, 7) is 4.22. The van der Waals surface area contributed by atoms with Crippen molar-refractivity contribution in [1.82, 2.24) is 19.6 Å². The Morgan fingerprint density at radius 1 is 0.591 bits per heavy atom. The molecule has 220 valence electrons. The number of aromatic nitrogens is 4. The highest BCUT2D eigenvalue weighted by Crippen LogP contribution is 2.54. The van der Waals surface area contributed by atoms with Gasteiger partial charge in [0.05, 0.1) is 37.0 Å². The Kier molecular flexibility index (Phi) is 7.14. The van der Waals surface area contributed by atoms with Crippen molar-refractivity contribution in [2.75, 3.05) is 25.4 Å². The van der Waals surface area contributed by atoms with E-state index in [4.69, 9.17) is 19.7 Å². The number of anilines is 3. The van der Waals surface area contributed by atoms with E-state index in [1.165, 1.54) is 10.5 Å². The van der Waals surface area contributed by atoms with E-state index in [0.717, 1.165) is 62.7 Å². The number of hydrogen-bond donors (Lipinski definition) is 0. The highest BCUT2D eigenvalue weighted by atomic mass is 32.2. The fraction of sp³-hybridized carbons (Fsp3) is 0.167. The number of aryl methyl sites for hydroxylation is 2. The highest BCUT2D eigenvalue weighted by molar-refractivity contribution is 7.98. The first-order valence-corrected chi connectivity index (χ1v) is 15.7. The van der Waals surface area contributed by atoms with Gasteiger partial charge in [0.1, 0.15) is 23.1 Å². The Hall–Kier alpha value is -4.95. The van der Waals surface area contributed by atoms with Gasteiger partial charge in [0.2, 0.25) is 0 Å². The molecule has 0 atom stereocenters. The van der Waals surface area contributed by atoms with E-state index in [1.807, 2.05) is 30.3 Å². The molecule has 1 aliphatic rings. The van der Waals surface area contributed by atoms with Crippen molar-refractivity contribution in [3.8, 4) is 22.9 Å². The van der Waals surface area contributed by atoms with Gasteiger partial charge < -0.3 is 9.47 Å². The number of para-hydroxylation sites is 1. The molecule has 8 heteroatoms. The number of rotatable bonds is 7. The van der Waals surface area contributed by atoms with Gasteiger partial charge in [-0.3, -0.25) is 4.90 Å². The summed E-state index contributed by atoms with van der Waals surface area (Å²) >= 11 is 1.75. The minimum atomic E-state index is -0.0742. The average molecular weight is 600 g/mol. The molecular formula is C36H33N5O2S. The lowest BCUT2D eigenvalue weighted by Crippen LogP contribution is -2.26. The minimum Gasteiger partial charge on any atom is -0.497 e. The molecule has 0 saturated carbocycles. The smallest absolute Gasteiger partial charge is 0.147 e. The molecule has 1 aliphatic heterocycles. The van der Waals surface area contributed by atoms with Crippen molar-refractivity contribution < 1.29 is 9.47 Å². The third-order valence-electron chi connectivity index (χ3n) is 8.26. The van der Waals surface area contributed by atoms with Crippen LogP contribution in [-0.2, 0) is 0 Å². The molecule has 0 aliphatic carbocycles. The lowest BCUT2D eigenvalue weighted by atomic mass is 9.82. The summed E-state index contributed by atoms with van der Waals surface area (Å²) in [4.78, 5) is 3.54. The maximum absolute atomic E-state index is 5.48. The van der Waals surface area contributed by atoms with Crippen molar-refractivity contribution in [2.45, 2.75) is 24.7 Å². The summed E-state index contributed by atoms with van der Waals surface area (Å²) in [7, 11) is 3.37. The van der Waals surface area contributed by atoms with Crippen LogP contribution in [0.3, 0.4) is 0 Å². The number of nitrogens with zero attached hydrogens (tertiary/aromatic N) is 5. The number of fused-ring (bicyclic) bond motifs is 2. The molecule has 7 nitrogen and oxygen atoms in total. The molecule has 0 bridgehead atoms. The van der Waals surface area contributed by atoms with E-state index in [2.05, 4.69) is 107 Å². The van der Waals surface area contributed by atoms with Crippen LogP contribution in [0.1, 0.15) is 34.0 Å². The molecular weight excluding hydrogens is 566 g/mol. The summed E-state index contributed by atoms with van der Waals surface area (Å²) in [5, 5.41) is 10.4. The molecule has 0 fully saturated rings. The number of ether oxygens (including phenoxy) is 2. The van der Waals surface area contributed by atoms with E-state index in [9.17, 15) is 0 Å². The van der Waals surface area contributed by atoms with Crippen LogP contribution in [0.15, 0.2) is 108 Å². The molecule has 3 heterocycles. The Balaban J connectivity index is 1.57. The standard InChI is InChI=1S/C36H33N5O2S/c1-23-32-34(25-11-21-31(44-5)22-12-25)33-24(2)38-41(28-15-19-30(43-4)20-16-28)36(33)39(26-9-7-6-8-10-26)35(32)40(37-23)27-13-17-29(42-3)18-14-27/h6-22,34H,1-5H3. The molecule has 0 amide bonds. The van der Waals surface area contributed by atoms with Gasteiger partial charge in [-0.2, -0.15) is 10.2 Å². The van der Waals surface area contributed by atoms with Crippen molar-refractivity contribution in [1.29, 1.82) is 0 Å². The second-order valence-electron chi connectivity index (χ2n) is 10.7. The summed E-state index contributed by atoms with van der Waals surface area (Å²) in [5.74, 6) is 3.50. The Bertz CT molecular complexity index is 1830. The maximum Gasteiger partial charge on any atom is 0.147 e. The zero-order chi connectivity index (χ0) is 30.4. The van der Waals surface area contributed by atoms with Crippen LogP contribution in [0.25, 0.3) is 11.4 Å². The third kappa shape index (κ3) is 4.53. The van der Waals surface area contributed by atoms with Gasteiger partial charge >= 0.3 is 0 Å². The largest absolute Gasteiger partial charge is 0.497 e. The third-order valence-corrected chi connectivity index (χ3v) is 9.00. The zero-order valence-corrected chi connectivity index (χ0v) is 26.2. The van der Waals surface area contributed by atoms with Crippen LogP contribution in [-0.4, -0.2) is 40.0 Å². The molecule has 6 aromatic rings. The molecule has 0 unspecified atom stereocenters. The van der Waals surface area contributed by atoms with Gasteiger partial charge in [-0.15, -0.1) is 11.8 Å². The first-order valence-electron chi connectivity index (χ1n) is 14.5. The second-order valence-corrected chi connectivity index (χ2v) is 11.6. The summed E-state index contributed by atoms with van der Waals surface area (Å²) in [6, 6.07) is 35.5. The molecule has 2 aromatic heterocycles. The van der Waals surface area contributed by atoms with Gasteiger partial charge in [0.15, 0.2) is 0 Å². The van der Waals surface area contributed by atoms with Crippen molar-refractivity contribution in [3.05, 3.63) is 131 Å². The lowest BCUT2D eigenvalue weighted by Gasteiger charge is -2.35. The molecule has 0 saturated heterocycles. The van der Waals surface area contributed by atoms with Crippen molar-refractivity contribution >= 4 is 29.1 Å². The number of thioether (sulfide) groups is 1. The zero-order valence-electron chi connectivity index (χ0n) is 25.4. The fourth-order valence-electron chi connectivity index (χ4n) is 6.16. The van der Waals surface area contributed by atoms with Gasteiger partial charge in [0, 0.05) is 27.6 Å². The van der Waals surface area contributed by atoms with Crippen molar-refractivity contribution in [2.24, 2.45) is 0 Å². The summed E-state index contributed by atoms with van der Waals surface area (Å²) in [6.07, 6.45) is 2.11. The monoisotopic (exact) mass is 599 g/mol. The number of hydrogen-bond acceptors (Lipinski definition) is 6. The molecule has 0 N–H and O–H groups in total. The maximum atomic E-state index is 5.48. The van der Waals surface area contributed by atoms with Crippen LogP contribution in [0.5, 0.6) is 11.5 Å². The molecule has 44 heavy (non-hydrogen) atoms. The van der Waals surface area contributed by atoms with E-state index in [-0.39, 0.29) is 5.92 Å². The van der Waals surface area contributed by atoms with Crippen LogP contribution in [0, 0.1) is 13.8 Å². The van der Waals surface area contributed by atoms with E-state index in [0.29, 0.717) is 0 Å². The van der Waals surface area contributed by atoms with Crippen molar-refractivity contribution in [3.63, 3.8) is 0 Å². The molecule has 4 aromatic carbocycles.